The Hall–Kier alpha value is -4.00. The average Bonchev–Trinajstić information content (AvgIpc) is 3.15. The minimum absolute atomic E-state index is 0.621. The van der Waals surface area contributed by atoms with Crippen LogP contribution >= 0.6 is 0 Å². The number of nitrogens with zero attached hydrogens (tertiary/aromatic N) is 4. The summed E-state index contributed by atoms with van der Waals surface area (Å²) in [6, 6.07) is 13.4. The first-order valence-electron chi connectivity index (χ1n) is 8.68. The van der Waals surface area contributed by atoms with Gasteiger partial charge in [0.1, 0.15) is 5.82 Å². The Balaban J connectivity index is 1.63. The van der Waals surface area contributed by atoms with E-state index in [1.54, 1.807) is 23.0 Å². The van der Waals surface area contributed by atoms with E-state index in [1.807, 2.05) is 54.9 Å². The first-order valence-corrected chi connectivity index (χ1v) is 8.68. The Bertz CT molecular complexity index is 1150. The quantitative estimate of drug-likeness (QED) is 0.504. The van der Waals surface area contributed by atoms with Crippen LogP contribution in [-0.4, -0.2) is 30.7 Å². The molecule has 2 N–H and O–H groups in total. The summed E-state index contributed by atoms with van der Waals surface area (Å²) in [5.41, 5.74) is 4.37. The standard InChI is InChI=1S/C21H17N5O2/c27-20(28)7-6-15-3-1-5-17(11-15)18-14-24-26-10-8-19(25-21(18)26)23-13-16-4-2-9-22-12-16/h1-12,14H,13H2,(H,23,25)(H,27,28)/b7-6+. The van der Waals surface area contributed by atoms with Gasteiger partial charge in [-0.1, -0.05) is 24.3 Å². The van der Waals surface area contributed by atoms with E-state index < -0.39 is 5.97 Å². The lowest BCUT2D eigenvalue weighted by Crippen LogP contribution is -2.03. The van der Waals surface area contributed by atoms with Crippen molar-refractivity contribution in [2.24, 2.45) is 0 Å². The monoisotopic (exact) mass is 371 g/mol. The number of pyridine rings is 1. The number of nitrogens with one attached hydrogen (secondary N) is 1. The van der Waals surface area contributed by atoms with Gasteiger partial charge in [-0.2, -0.15) is 5.10 Å². The van der Waals surface area contributed by atoms with Crippen LogP contribution in [0.1, 0.15) is 11.1 Å². The lowest BCUT2D eigenvalue weighted by atomic mass is 10.1. The molecule has 7 nitrogen and oxygen atoms in total. The largest absolute Gasteiger partial charge is 0.478 e. The molecule has 28 heavy (non-hydrogen) atoms. The van der Waals surface area contributed by atoms with Gasteiger partial charge >= 0.3 is 5.97 Å². The van der Waals surface area contributed by atoms with Gasteiger partial charge in [0.25, 0.3) is 0 Å². The third kappa shape index (κ3) is 3.88. The van der Waals surface area contributed by atoms with Crippen LogP contribution in [0.15, 0.2) is 73.3 Å². The maximum Gasteiger partial charge on any atom is 0.328 e. The number of hydrogen-bond acceptors (Lipinski definition) is 5. The Morgan fingerprint density at radius 2 is 2.11 bits per heavy atom. The molecule has 0 saturated carbocycles. The molecule has 1 aromatic carbocycles. The maximum absolute atomic E-state index is 10.7. The van der Waals surface area contributed by atoms with Gasteiger partial charge in [-0.15, -0.1) is 0 Å². The lowest BCUT2D eigenvalue weighted by molar-refractivity contribution is -0.131. The number of carboxylic acid groups (broad SMARTS) is 1. The maximum atomic E-state index is 10.7. The van der Waals surface area contributed by atoms with Crippen LogP contribution in [0.25, 0.3) is 22.9 Å². The average molecular weight is 371 g/mol. The number of carboxylic acids is 1. The van der Waals surface area contributed by atoms with Crippen molar-refractivity contribution in [1.82, 2.24) is 19.6 Å². The topological polar surface area (TPSA) is 92.4 Å². The van der Waals surface area contributed by atoms with E-state index in [2.05, 4.69) is 20.4 Å². The van der Waals surface area contributed by atoms with Gasteiger partial charge in [0, 0.05) is 36.8 Å². The van der Waals surface area contributed by atoms with Crippen molar-refractivity contribution < 1.29 is 9.90 Å². The minimum atomic E-state index is -0.979. The van der Waals surface area contributed by atoms with Crippen molar-refractivity contribution in [2.75, 3.05) is 5.32 Å². The molecular weight excluding hydrogens is 354 g/mol. The third-order valence-corrected chi connectivity index (χ3v) is 4.18. The molecule has 0 aliphatic heterocycles. The second kappa shape index (κ2) is 7.71. The summed E-state index contributed by atoms with van der Waals surface area (Å²) in [5, 5.41) is 16.5. The number of fused-ring (bicyclic) bond motifs is 1. The molecule has 0 amide bonds. The van der Waals surface area contributed by atoms with Gasteiger partial charge in [-0.3, -0.25) is 4.98 Å². The van der Waals surface area contributed by atoms with Crippen molar-refractivity contribution in [3.63, 3.8) is 0 Å². The molecule has 0 unspecified atom stereocenters. The van der Waals surface area contributed by atoms with E-state index in [0.29, 0.717) is 6.54 Å². The Labute approximate surface area is 161 Å². The fraction of sp³-hybridized carbons (Fsp3) is 0.0476. The molecule has 0 saturated heterocycles. The highest BCUT2D eigenvalue weighted by Gasteiger charge is 2.09. The van der Waals surface area contributed by atoms with Crippen LogP contribution in [0.2, 0.25) is 0 Å². The van der Waals surface area contributed by atoms with Gasteiger partial charge in [-0.25, -0.2) is 14.3 Å². The molecule has 4 aromatic rings. The normalized spacial score (nSPS) is 11.1. The molecule has 4 rings (SSSR count). The number of benzene rings is 1. The number of rotatable bonds is 6. The van der Waals surface area contributed by atoms with Crippen LogP contribution in [0.4, 0.5) is 5.82 Å². The zero-order valence-electron chi connectivity index (χ0n) is 14.9. The molecule has 0 spiro atoms. The molecule has 7 heteroatoms. The van der Waals surface area contributed by atoms with Crippen LogP contribution in [0.3, 0.4) is 0 Å². The molecule has 0 aliphatic rings. The van der Waals surface area contributed by atoms with E-state index in [-0.39, 0.29) is 0 Å². The SMILES string of the molecule is O=C(O)/C=C/c1cccc(-c2cnn3ccc(NCc4cccnc4)nc23)c1. The molecule has 138 valence electrons. The van der Waals surface area contributed by atoms with Crippen molar-refractivity contribution in [3.05, 3.63) is 84.5 Å². The highest BCUT2D eigenvalue weighted by atomic mass is 16.4. The van der Waals surface area contributed by atoms with Crippen LogP contribution < -0.4 is 5.32 Å². The van der Waals surface area contributed by atoms with E-state index >= 15 is 0 Å². The summed E-state index contributed by atoms with van der Waals surface area (Å²) in [6.07, 6.45) is 9.84. The highest BCUT2D eigenvalue weighted by Crippen LogP contribution is 2.25. The van der Waals surface area contributed by atoms with Crippen molar-refractivity contribution in [1.29, 1.82) is 0 Å². The predicted molar refractivity (Wildman–Crippen MR) is 107 cm³/mol. The van der Waals surface area contributed by atoms with Crippen LogP contribution in [0, 0.1) is 0 Å². The fourth-order valence-corrected chi connectivity index (χ4v) is 2.84. The smallest absolute Gasteiger partial charge is 0.328 e. The summed E-state index contributed by atoms with van der Waals surface area (Å²) in [7, 11) is 0. The Morgan fingerprint density at radius 3 is 2.93 bits per heavy atom. The Kier molecular flexibility index (Phi) is 4.79. The van der Waals surface area contributed by atoms with Crippen LogP contribution in [-0.2, 0) is 11.3 Å². The van der Waals surface area contributed by atoms with Crippen molar-refractivity contribution >= 4 is 23.5 Å². The van der Waals surface area contributed by atoms with E-state index in [1.165, 1.54) is 0 Å². The number of carbonyl (C=O) groups is 1. The van der Waals surface area contributed by atoms with Gasteiger partial charge in [0.05, 0.1) is 6.20 Å². The number of aromatic nitrogens is 4. The first-order chi connectivity index (χ1) is 13.7. The predicted octanol–water partition coefficient (Wildman–Crippen LogP) is 3.50. The summed E-state index contributed by atoms with van der Waals surface area (Å²) in [6.45, 7) is 0.621. The third-order valence-electron chi connectivity index (χ3n) is 4.18. The van der Waals surface area contributed by atoms with Gasteiger partial charge in [-0.05, 0) is 41.0 Å². The molecule has 0 fully saturated rings. The summed E-state index contributed by atoms with van der Waals surface area (Å²) in [4.78, 5) is 19.5. The highest BCUT2D eigenvalue weighted by molar-refractivity contribution is 5.86. The molecule has 0 aliphatic carbocycles. The molecule has 3 heterocycles. The summed E-state index contributed by atoms with van der Waals surface area (Å²) < 4.78 is 1.71. The second-order valence-corrected chi connectivity index (χ2v) is 6.15. The lowest BCUT2D eigenvalue weighted by Gasteiger charge is -2.06. The second-order valence-electron chi connectivity index (χ2n) is 6.15. The minimum Gasteiger partial charge on any atom is -0.478 e. The number of aliphatic carboxylic acids is 1. The fourth-order valence-electron chi connectivity index (χ4n) is 2.84. The van der Waals surface area contributed by atoms with Gasteiger partial charge < -0.3 is 10.4 Å². The molecular formula is C21H17N5O2. The van der Waals surface area contributed by atoms with E-state index in [0.717, 1.165) is 39.8 Å². The molecule has 0 radical (unpaired) electrons. The number of anilines is 1. The van der Waals surface area contributed by atoms with Crippen LogP contribution in [0.5, 0.6) is 0 Å². The summed E-state index contributed by atoms with van der Waals surface area (Å²) >= 11 is 0. The number of hydrogen-bond donors (Lipinski definition) is 2. The molecule has 3 aromatic heterocycles. The van der Waals surface area contributed by atoms with E-state index in [9.17, 15) is 4.79 Å². The van der Waals surface area contributed by atoms with Gasteiger partial charge in [0.15, 0.2) is 5.65 Å². The summed E-state index contributed by atoms with van der Waals surface area (Å²) in [5.74, 6) is -0.243. The zero-order chi connectivity index (χ0) is 19.3. The van der Waals surface area contributed by atoms with Crippen molar-refractivity contribution in [3.8, 4) is 11.1 Å². The zero-order valence-corrected chi connectivity index (χ0v) is 14.9. The van der Waals surface area contributed by atoms with Gasteiger partial charge in [0.2, 0.25) is 0 Å². The Morgan fingerprint density at radius 1 is 1.18 bits per heavy atom. The van der Waals surface area contributed by atoms with Crippen molar-refractivity contribution in [2.45, 2.75) is 6.54 Å². The van der Waals surface area contributed by atoms with E-state index in [4.69, 9.17) is 5.11 Å². The molecule has 0 atom stereocenters. The molecule has 0 bridgehead atoms. The first kappa shape index (κ1) is 17.4.